The summed E-state index contributed by atoms with van der Waals surface area (Å²) in [6, 6.07) is 9.17. The van der Waals surface area contributed by atoms with Crippen LogP contribution in [0.4, 0.5) is 10.2 Å². The van der Waals surface area contributed by atoms with Crippen LogP contribution < -0.4 is 4.90 Å². The maximum absolute atomic E-state index is 14.2. The van der Waals surface area contributed by atoms with Crippen molar-refractivity contribution in [2.24, 2.45) is 0 Å². The number of carbonyl (C=O) groups is 1. The topological polar surface area (TPSA) is 130 Å². The van der Waals surface area contributed by atoms with Gasteiger partial charge in [-0.05, 0) is 61.2 Å². The number of aromatic hydroxyl groups is 1. The molecule has 0 bridgehead atoms. The Balaban J connectivity index is 1.06. The van der Waals surface area contributed by atoms with Crippen molar-refractivity contribution in [3.63, 3.8) is 0 Å². The average molecular weight is 610 g/mol. The van der Waals surface area contributed by atoms with E-state index in [1.165, 1.54) is 12.1 Å². The lowest BCUT2D eigenvalue weighted by atomic mass is 9.96. The Morgan fingerprint density at radius 2 is 1.89 bits per heavy atom. The molecule has 2 aliphatic rings. The molecule has 45 heavy (non-hydrogen) atoms. The molecule has 3 N–H and O–H groups in total. The van der Waals surface area contributed by atoms with Crippen LogP contribution in [-0.2, 0) is 19.4 Å². The molecule has 0 radical (unpaired) electrons. The predicted octanol–water partition coefficient (Wildman–Crippen LogP) is 4.55. The molecule has 7 rings (SSSR count). The minimum absolute atomic E-state index is 0.157. The number of aryl methyl sites for hydroxylation is 1. The number of aromatic nitrogens is 6. The van der Waals surface area contributed by atoms with Gasteiger partial charge in [-0.25, -0.2) is 19.3 Å². The fourth-order valence-corrected chi connectivity index (χ4v) is 6.34. The predicted molar refractivity (Wildman–Crippen MR) is 170 cm³/mol. The molecule has 3 aromatic heterocycles. The largest absolute Gasteiger partial charge is 0.505 e. The van der Waals surface area contributed by atoms with Gasteiger partial charge in [0, 0.05) is 50.6 Å². The second-order valence-electron chi connectivity index (χ2n) is 12.0. The van der Waals surface area contributed by atoms with Crippen molar-refractivity contribution in [3.8, 4) is 28.4 Å². The summed E-state index contributed by atoms with van der Waals surface area (Å²) < 4.78 is 14.2. The van der Waals surface area contributed by atoms with Gasteiger partial charge >= 0.3 is 0 Å². The summed E-state index contributed by atoms with van der Waals surface area (Å²) >= 11 is 0. The van der Waals surface area contributed by atoms with Crippen molar-refractivity contribution >= 4 is 22.6 Å². The first-order valence-electron chi connectivity index (χ1n) is 15.5. The number of halogens is 1. The average Bonchev–Trinajstić information content (AvgIpc) is 3.69. The molecular formula is C33H36FN9O2. The van der Waals surface area contributed by atoms with Gasteiger partial charge in [0.25, 0.3) is 5.91 Å². The molecular weight excluding hydrogens is 573 g/mol. The fraction of sp³-hybridized carbons (Fsp3) is 0.364. The molecule has 12 heteroatoms. The van der Waals surface area contributed by atoms with Crippen molar-refractivity contribution in [1.82, 2.24) is 39.9 Å². The number of imidazole rings is 1. The molecule has 0 spiro atoms. The van der Waals surface area contributed by atoms with E-state index in [4.69, 9.17) is 4.98 Å². The molecule has 0 aliphatic carbocycles. The van der Waals surface area contributed by atoms with Crippen LogP contribution in [0, 0.1) is 5.82 Å². The lowest BCUT2D eigenvalue weighted by molar-refractivity contribution is 0.0725. The SMILES string of the molecule is CCc1cc(O)c(F)cc1-c1ccc2c(-c3nc4c([nH]3)CN(C(=O)c3cnc(N5CCN(C(C)C)CC5)cn3)CC4)n[nH]c2c1. The lowest BCUT2D eigenvalue weighted by Gasteiger charge is -2.37. The van der Waals surface area contributed by atoms with Gasteiger partial charge in [0.05, 0.1) is 35.8 Å². The zero-order valence-corrected chi connectivity index (χ0v) is 25.6. The standard InChI is InChI=1S/C33H36FN9O2/c1-4-20-14-29(44)24(34)15-23(20)21-5-6-22-26(13-21)39-40-31(22)32-37-25-7-8-43(18-28(25)38-32)33(45)27-16-36-30(17-35-27)42-11-9-41(10-12-42)19(2)3/h5-6,13-17,19,44H,4,7-12,18H2,1-3H3,(H,37,38)(H,39,40). The number of anilines is 1. The highest BCUT2D eigenvalue weighted by Crippen LogP contribution is 2.34. The van der Waals surface area contributed by atoms with Gasteiger partial charge in [-0.15, -0.1) is 0 Å². The second kappa shape index (κ2) is 11.6. The van der Waals surface area contributed by atoms with Gasteiger partial charge in [0.2, 0.25) is 0 Å². The molecule has 232 valence electrons. The summed E-state index contributed by atoms with van der Waals surface area (Å²) in [4.78, 5) is 37.1. The first-order valence-corrected chi connectivity index (χ1v) is 15.5. The number of carbonyl (C=O) groups excluding carboxylic acids is 1. The highest BCUT2D eigenvalue weighted by Gasteiger charge is 2.27. The van der Waals surface area contributed by atoms with Gasteiger partial charge in [0.15, 0.2) is 17.4 Å². The number of H-pyrrole nitrogens is 2. The van der Waals surface area contributed by atoms with Gasteiger partial charge in [-0.3, -0.25) is 14.8 Å². The van der Waals surface area contributed by atoms with Crippen molar-refractivity contribution in [2.45, 2.75) is 46.2 Å². The second-order valence-corrected chi connectivity index (χ2v) is 12.0. The molecule has 5 heterocycles. The number of nitrogens with zero attached hydrogens (tertiary/aromatic N) is 7. The van der Waals surface area contributed by atoms with E-state index in [1.54, 1.807) is 17.3 Å². The van der Waals surface area contributed by atoms with Crippen LogP contribution in [0.15, 0.2) is 42.7 Å². The van der Waals surface area contributed by atoms with Gasteiger partial charge < -0.3 is 19.9 Å². The summed E-state index contributed by atoms with van der Waals surface area (Å²) in [6.45, 7) is 11.1. The smallest absolute Gasteiger partial charge is 0.274 e. The number of phenols is 1. The van der Waals surface area contributed by atoms with Crippen LogP contribution >= 0.6 is 0 Å². The van der Waals surface area contributed by atoms with Crippen LogP contribution in [0.25, 0.3) is 33.5 Å². The van der Waals surface area contributed by atoms with Crippen LogP contribution in [0.2, 0.25) is 0 Å². The number of fused-ring (bicyclic) bond motifs is 2. The van der Waals surface area contributed by atoms with Gasteiger partial charge in [-0.1, -0.05) is 13.0 Å². The Labute approximate surface area is 260 Å². The van der Waals surface area contributed by atoms with Crippen LogP contribution in [0.5, 0.6) is 5.75 Å². The van der Waals surface area contributed by atoms with Crippen molar-refractivity contribution in [3.05, 3.63) is 71.2 Å². The molecule has 0 saturated carbocycles. The van der Waals surface area contributed by atoms with E-state index in [-0.39, 0.29) is 11.7 Å². The van der Waals surface area contributed by atoms with E-state index in [9.17, 15) is 14.3 Å². The number of benzene rings is 2. The Morgan fingerprint density at radius 3 is 2.62 bits per heavy atom. The number of hydrogen-bond acceptors (Lipinski definition) is 8. The molecule has 1 fully saturated rings. The van der Waals surface area contributed by atoms with Crippen molar-refractivity contribution in [2.75, 3.05) is 37.6 Å². The highest BCUT2D eigenvalue weighted by atomic mass is 19.1. The molecule has 11 nitrogen and oxygen atoms in total. The number of rotatable bonds is 6. The first kappa shape index (κ1) is 28.9. The fourth-order valence-electron chi connectivity index (χ4n) is 6.34. The minimum Gasteiger partial charge on any atom is -0.505 e. The van der Waals surface area contributed by atoms with Crippen LogP contribution in [0.3, 0.4) is 0 Å². The Bertz CT molecular complexity index is 1870. The lowest BCUT2D eigenvalue weighted by Crippen LogP contribution is -2.49. The van der Waals surface area contributed by atoms with E-state index in [1.807, 2.05) is 25.1 Å². The molecule has 0 unspecified atom stereocenters. The molecule has 5 aromatic rings. The molecule has 2 aromatic carbocycles. The van der Waals surface area contributed by atoms with E-state index in [0.717, 1.165) is 71.0 Å². The van der Waals surface area contributed by atoms with Gasteiger partial charge in [-0.2, -0.15) is 5.10 Å². The summed E-state index contributed by atoms with van der Waals surface area (Å²) in [6.07, 6.45) is 4.56. The number of aromatic amines is 2. The third-order valence-electron chi connectivity index (χ3n) is 9.00. The zero-order chi connectivity index (χ0) is 31.2. The molecule has 1 saturated heterocycles. The Morgan fingerprint density at radius 1 is 1.07 bits per heavy atom. The number of nitrogens with one attached hydrogen (secondary N) is 2. The van der Waals surface area contributed by atoms with E-state index in [2.05, 4.69) is 48.8 Å². The maximum atomic E-state index is 14.2. The third kappa shape index (κ3) is 5.39. The van der Waals surface area contributed by atoms with Crippen molar-refractivity contribution < 1.29 is 14.3 Å². The number of piperazine rings is 1. The Hall–Kier alpha value is -4.84. The maximum Gasteiger partial charge on any atom is 0.274 e. The van der Waals surface area contributed by atoms with E-state index in [0.29, 0.717) is 49.2 Å². The normalized spacial score (nSPS) is 15.7. The summed E-state index contributed by atoms with van der Waals surface area (Å²) in [7, 11) is 0. The summed E-state index contributed by atoms with van der Waals surface area (Å²) in [5.74, 6) is 0.268. The van der Waals surface area contributed by atoms with E-state index >= 15 is 0 Å². The monoisotopic (exact) mass is 609 g/mol. The zero-order valence-electron chi connectivity index (χ0n) is 25.6. The first-order chi connectivity index (χ1) is 21.8. The minimum atomic E-state index is -0.652. The number of hydrogen-bond donors (Lipinski definition) is 3. The number of amides is 1. The summed E-state index contributed by atoms with van der Waals surface area (Å²) in [5.41, 5.74) is 5.98. The van der Waals surface area contributed by atoms with Crippen LogP contribution in [0.1, 0.15) is 48.2 Å². The van der Waals surface area contributed by atoms with Crippen LogP contribution in [-0.4, -0.2) is 89.7 Å². The van der Waals surface area contributed by atoms with E-state index < -0.39 is 5.82 Å². The van der Waals surface area contributed by atoms with Crippen molar-refractivity contribution in [1.29, 1.82) is 0 Å². The molecule has 2 aliphatic heterocycles. The third-order valence-corrected chi connectivity index (χ3v) is 9.00. The summed E-state index contributed by atoms with van der Waals surface area (Å²) in [5, 5.41) is 18.3. The molecule has 1 amide bonds. The Kier molecular flexibility index (Phi) is 7.44. The quantitative estimate of drug-likeness (QED) is 0.256. The molecule has 0 atom stereocenters. The number of phenolic OH excluding ortho intramolecular Hbond substituents is 1. The highest BCUT2D eigenvalue weighted by molar-refractivity contribution is 5.94. The van der Waals surface area contributed by atoms with Gasteiger partial charge in [0.1, 0.15) is 17.2 Å².